The van der Waals surface area contributed by atoms with Gasteiger partial charge in [0.05, 0.1) is 41.3 Å². The summed E-state index contributed by atoms with van der Waals surface area (Å²) in [7, 11) is 1.46. The van der Waals surface area contributed by atoms with E-state index >= 15 is 24.0 Å². The number of benzene rings is 5. The highest BCUT2D eigenvalue weighted by molar-refractivity contribution is 6.32. The lowest BCUT2D eigenvalue weighted by Gasteiger charge is -2.46. The monoisotopic (exact) mass is 1720 g/mol. The second kappa shape index (κ2) is 39.2. The van der Waals surface area contributed by atoms with Gasteiger partial charge < -0.3 is 158 Å². The van der Waals surface area contributed by atoms with E-state index in [-0.39, 0.29) is 42.0 Å². The number of likely N-dealkylation sites (N-methyl/N-ethyl adjacent to an activating group) is 1. The van der Waals surface area contributed by atoms with Crippen LogP contribution in [0.25, 0.3) is 11.1 Å². The molecule has 8 aliphatic heterocycles. The third kappa shape index (κ3) is 20.7. The Labute approximate surface area is 696 Å². The van der Waals surface area contributed by atoms with Crippen molar-refractivity contribution in [2.45, 2.75) is 213 Å². The second-order valence-electron chi connectivity index (χ2n) is 30.9. The van der Waals surface area contributed by atoms with Crippen LogP contribution in [-0.4, -0.2) is 258 Å². The Kier molecular flexibility index (Phi) is 29.8. The molecule has 24 N–H and O–H groups in total. The van der Waals surface area contributed by atoms with Crippen LogP contribution in [0.4, 0.5) is 0 Å². The Balaban J connectivity index is 1.11. The number of phenols is 3. The molecule has 3 saturated heterocycles. The van der Waals surface area contributed by atoms with E-state index in [0.717, 1.165) is 79.6 Å². The number of ether oxygens (including phenoxy) is 9. The lowest BCUT2D eigenvalue weighted by atomic mass is 9.86. The van der Waals surface area contributed by atoms with Gasteiger partial charge in [-0.1, -0.05) is 68.6 Å². The summed E-state index contributed by atoms with van der Waals surface area (Å²) >= 11 is 14.5. The van der Waals surface area contributed by atoms with Crippen LogP contribution in [-0.2, 0) is 66.8 Å². The highest BCUT2D eigenvalue weighted by Crippen LogP contribution is 2.50. The molecule has 11 bridgehead atoms. The van der Waals surface area contributed by atoms with Crippen molar-refractivity contribution in [2.24, 2.45) is 17.4 Å². The van der Waals surface area contributed by atoms with Crippen LogP contribution in [0.1, 0.15) is 131 Å². The summed E-state index contributed by atoms with van der Waals surface area (Å²) < 4.78 is 56.6. The number of aliphatic hydroxyl groups excluding tert-OH is 8. The average molecular weight is 1720 g/mol. The molecular formula is C79H100Cl2N10O29. The van der Waals surface area contributed by atoms with Gasteiger partial charge in [0, 0.05) is 54.5 Å². The van der Waals surface area contributed by atoms with Crippen LogP contribution in [0.5, 0.6) is 46.0 Å². The van der Waals surface area contributed by atoms with Crippen LogP contribution in [0.3, 0.4) is 0 Å². The molecule has 120 heavy (non-hydrogen) atoms. The SMILES string of the molecule is CCCCOCCCNC[C@H]1O[C@@H](O[C@H]2[C@H](O)[C@@H](O)[C@H](Oc3c4cc5cc3Oc3ccc(cc3Cl)[C@@H](O[C@H]3C[C@](C)(N)[C@@H](O)[C@H](C)O3)[C@@H]3NC(=O)[C@H](NC(=O)[C@@H]5NC(=O)[C@@H](CC(N)=O)NC(=O)C(NC(=O)[C@@H](CC(C)C)NC)[C@H](O)c5ccc(c(Cl)c5)O4)c4ccc(O)c(c4)-c4c(O)cc(O)cc4[C@H](C(=O)O)NC3=O)O[C@@H]2CO)[C@H](O)[C@@H](O)[C@H]1O. The number of amides is 7. The third-order valence-corrected chi connectivity index (χ3v) is 21.9. The van der Waals surface area contributed by atoms with E-state index in [2.05, 4.69) is 42.5 Å². The second-order valence-corrected chi connectivity index (χ2v) is 31.7. The molecule has 7 amide bonds. The Morgan fingerprint density at radius 2 is 1.30 bits per heavy atom. The van der Waals surface area contributed by atoms with Crippen LogP contribution in [0, 0.1) is 5.92 Å². The number of aliphatic hydroxyl groups is 8. The first kappa shape index (κ1) is 91.3. The first-order valence-electron chi connectivity index (χ1n) is 38.8. The van der Waals surface area contributed by atoms with Crippen molar-refractivity contribution < 1.29 is 142 Å². The molecule has 0 aromatic heterocycles. The molecule has 0 aliphatic carbocycles. The number of aromatic hydroxyl groups is 3. The Morgan fingerprint density at radius 1 is 0.675 bits per heavy atom. The zero-order valence-corrected chi connectivity index (χ0v) is 67.3. The number of hydrogen-bond acceptors (Lipinski definition) is 31. The summed E-state index contributed by atoms with van der Waals surface area (Å²) in [5, 5.41) is 158. The fourth-order valence-corrected chi connectivity index (χ4v) is 15.3. The zero-order valence-electron chi connectivity index (χ0n) is 65.8. The molecule has 5 aromatic rings. The van der Waals surface area contributed by atoms with E-state index in [9.17, 15) is 75.7 Å². The Morgan fingerprint density at radius 3 is 1.93 bits per heavy atom. The number of nitrogens with two attached hydrogens (primary N) is 2. The predicted octanol–water partition coefficient (Wildman–Crippen LogP) is -0.265. The number of carbonyl (C=O) groups is 8. The van der Waals surface area contributed by atoms with Gasteiger partial charge in [-0.05, 0) is 129 Å². The van der Waals surface area contributed by atoms with Crippen molar-refractivity contribution in [1.29, 1.82) is 0 Å². The summed E-state index contributed by atoms with van der Waals surface area (Å²) in [6.45, 7) is 8.69. The van der Waals surface area contributed by atoms with Crippen molar-refractivity contribution in [3.63, 3.8) is 0 Å². The molecule has 0 radical (unpaired) electrons. The van der Waals surface area contributed by atoms with Crippen LogP contribution in [0.15, 0.2) is 78.9 Å². The third-order valence-electron chi connectivity index (χ3n) is 21.3. The fourth-order valence-electron chi connectivity index (χ4n) is 14.9. The molecule has 23 atom stereocenters. The summed E-state index contributed by atoms with van der Waals surface area (Å²) in [6.07, 6.45) is -26.4. The number of unbranched alkanes of at least 4 members (excludes halogenated alkanes) is 1. The van der Waals surface area contributed by atoms with Gasteiger partial charge in [0.2, 0.25) is 53.4 Å². The molecule has 41 heteroatoms. The number of rotatable bonds is 24. The van der Waals surface area contributed by atoms with E-state index in [4.69, 9.17) is 77.3 Å². The molecule has 1 unspecified atom stereocenters. The highest BCUT2D eigenvalue weighted by atomic mass is 35.5. The maximum Gasteiger partial charge on any atom is 0.330 e. The molecule has 13 rings (SSSR count). The normalized spacial score (nSPS) is 30.6. The van der Waals surface area contributed by atoms with Gasteiger partial charge >= 0.3 is 5.97 Å². The summed E-state index contributed by atoms with van der Waals surface area (Å²) in [5.74, 6) is -16.6. The van der Waals surface area contributed by atoms with Crippen LogP contribution >= 0.6 is 23.2 Å². The Hall–Kier alpha value is -9.44. The van der Waals surface area contributed by atoms with Crippen LogP contribution < -0.4 is 68.2 Å². The molecule has 654 valence electrons. The van der Waals surface area contributed by atoms with Crippen LogP contribution in [0.2, 0.25) is 10.0 Å². The van der Waals surface area contributed by atoms with Crippen molar-refractivity contribution >= 4 is 70.5 Å². The molecule has 39 nitrogen and oxygen atoms in total. The summed E-state index contributed by atoms with van der Waals surface area (Å²) in [5.41, 5.74) is 8.01. The number of primary amides is 1. The molecular weight excluding hydrogens is 1620 g/mol. The number of carboxylic acid groups (broad SMARTS) is 1. The number of carbonyl (C=O) groups excluding carboxylic acids is 7. The van der Waals surface area contributed by atoms with Crippen molar-refractivity contribution in [3.8, 4) is 57.1 Å². The minimum absolute atomic E-state index is 0.107. The summed E-state index contributed by atoms with van der Waals surface area (Å²) in [4.78, 5) is 120. The molecule has 5 aromatic carbocycles. The molecule has 0 spiro atoms. The van der Waals surface area contributed by atoms with Gasteiger partial charge in [-0.15, -0.1) is 0 Å². The number of fused-ring (bicyclic) bond motifs is 15. The van der Waals surface area contributed by atoms with Gasteiger partial charge in [-0.25, -0.2) is 4.79 Å². The highest BCUT2D eigenvalue weighted by Gasteiger charge is 2.53. The standard InChI is InChI=1S/C79H100Cl2N10O29/c1-7-8-17-112-18-9-16-85-29-50-61(98)62(99)64(101)77(116-50)120-68-51(30-92)117-78(65(102)63(68)100)119-67-48-23-36-24-49(67)115-47-15-12-35(22-41(47)81)66(118-53-28-79(5,83)69(103)32(4)113-53)59-75(109)89-57(76(110)111)39-25-37(93)26-45(95)54(39)38-20-33(10-13-44(38)94)55(72(106)91-59)88-73(107)56(36)87-71(105)43(27-52(82)96)86-74(108)58(90-70(104)42(84-6)19-31(2)3)60(97)34-11-14-46(114-48)40(80)21-34/h10-15,20-26,31-32,42-43,50-51,53,55-66,68-69,77-78,84-85,92-95,97-103H,7-9,16-19,27-30,83H2,1-6H3,(H2,82,96)(H,86,108)(H,87,105)(H,88,107)(H,89,109)(H,90,104)(H,91,106)(H,110,111)/t32-,42+,43+,50+,51+,53-,55+,56+,57+,58?,59-,60+,61-,62-,63+,64+,65+,66+,68+,69-,77-,78-,79-/m0/s1. The number of carboxylic acids is 1. The maximum atomic E-state index is 16.4. The zero-order chi connectivity index (χ0) is 87.2. The molecule has 0 saturated carbocycles. The predicted molar refractivity (Wildman–Crippen MR) is 418 cm³/mol. The van der Waals surface area contributed by atoms with Gasteiger partial charge in [0.1, 0.15) is 120 Å². The summed E-state index contributed by atoms with van der Waals surface area (Å²) in [6, 6.07) is -0.925. The maximum absolute atomic E-state index is 16.4. The molecule has 3 fully saturated rings. The van der Waals surface area contributed by atoms with Gasteiger partial charge in [0.25, 0.3) is 0 Å². The van der Waals surface area contributed by atoms with Crippen molar-refractivity contribution in [1.82, 2.24) is 42.5 Å². The van der Waals surface area contributed by atoms with E-state index in [0.29, 0.717) is 26.2 Å². The minimum Gasteiger partial charge on any atom is -0.508 e. The van der Waals surface area contributed by atoms with E-state index in [1.54, 1.807) is 0 Å². The Bertz CT molecular complexity index is 4590. The fraction of sp³-hybridized carbons (Fsp3) is 0.519. The first-order valence-corrected chi connectivity index (χ1v) is 39.6. The lowest BCUT2D eigenvalue weighted by Crippen LogP contribution is -2.65. The largest absolute Gasteiger partial charge is 0.508 e. The smallest absolute Gasteiger partial charge is 0.330 e. The molecule has 8 aliphatic rings. The van der Waals surface area contributed by atoms with E-state index in [1.165, 1.54) is 33.0 Å². The van der Waals surface area contributed by atoms with Gasteiger partial charge in [-0.3, -0.25) is 33.6 Å². The average Bonchev–Trinajstić information content (AvgIpc) is 0.823. The lowest BCUT2D eigenvalue weighted by molar-refractivity contribution is -0.350. The van der Waals surface area contributed by atoms with Crippen molar-refractivity contribution in [2.75, 3.05) is 40.0 Å². The topological polar surface area (TPSA) is 611 Å². The van der Waals surface area contributed by atoms with Gasteiger partial charge in [0.15, 0.2) is 30.1 Å². The quantitative estimate of drug-likeness (QED) is 0.0354. The number of phenolic OH excluding ortho intramolecular Hbond substituents is 3. The van der Waals surface area contributed by atoms with Gasteiger partial charge in [-0.2, -0.15) is 0 Å². The molecule has 8 heterocycles. The first-order chi connectivity index (χ1) is 56.9. The number of halogens is 2. The minimum atomic E-state index is -2.41. The van der Waals surface area contributed by atoms with E-state index in [1.807, 2.05) is 20.8 Å². The van der Waals surface area contributed by atoms with Crippen molar-refractivity contribution in [3.05, 3.63) is 117 Å². The number of nitrogens with one attached hydrogen (secondary N) is 8. The number of aliphatic carboxylic acids is 1. The number of hydrogen-bond donors (Lipinski definition) is 22. The van der Waals surface area contributed by atoms with E-state index < -0.39 is 279 Å².